The summed E-state index contributed by atoms with van der Waals surface area (Å²) in [6.45, 7) is 0.579. The summed E-state index contributed by atoms with van der Waals surface area (Å²) in [7, 11) is -2.02. The van der Waals surface area contributed by atoms with Gasteiger partial charge in [-0.15, -0.1) is 0 Å². The molecule has 34 heavy (non-hydrogen) atoms. The van der Waals surface area contributed by atoms with Crippen LogP contribution >= 0.6 is 0 Å². The molecule has 7 nitrogen and oxygen atoms in total. The number of carbonyl (C=O) groups is 1. The maximum Gasteiger partial charge on any atom is 0.299 e. The molecule has 0 atom stereocenters. The lowest BCUT2D eigenvalue weighted by Gasteiger charge is -2.09. The molecule has 0 aliphatic heterocycles. The van der Waals surface area contributed by atoms with E-state index >= 15 is 0 Å². The Morgan fingerprint density at radius 3 is 2.26 bits per heavy atom. The van der Waals surface area contributed by atoms with E-state index < -0.39 is 15.7 Å². The first-order valence-corrected chi connectivity index (χ1v) is 12.1. The van der Waals surface area contributed by atoms with Crippen molar-refractivity contribution >= 4 is 16.3 Å². The van der Waals surface area contributed by atoms with Crippen LogP contribution in [0.25, 0.3) is 22.4 Å². The molecule has 0 unspecified atom stereocenters. The van der Waals surface area contributed by atoms with E-state index in [2.05, 4.69) is 5.10 Å². The third-order valence-electron chi connectivity index (χ3n) is 5.24. The number of benzene rings is 3. The molecule has 1 aromatic heterocycles. The van der Waals surface area contributed by atoms with Gasteiger partial charge in [0.15, 0.2) is 21.4 Å². The zero-order valence-electron chi connectivity index (χ0n) is 18.4. The molecule has 0 amide bonds. The molecule has 0 saturated heterocycles. The monoisotopic (exact) mass is 480 g/mol. The summed E-state index contributed by atoms with van der Waals surface area (Å²) in [5.74, 6) is -0.394. The summed E-state index contributed by atoms with van der Waals surface area (Å²) in [6, 6.07) is 20.0. The molecule has 0 aliphatic rings. The van der Waals surface area contributed by atoms with Gasteiger partial charge in [0.2, 0.25) is 5.88 Å². The van der Waals surface area contributed by atoms with Crippen LogP contribution in [0.15, 0.2) is 77.7 Å². The minimum absolute atomic E-state index is 0.0670. The number of methoxy groups -OCH3 is 1. The van der Waals surface area contributed by atoms with Crippen LogP contribution in [0.1, 0.15) is 5.56 Å². The van der Waals surface area contributed by atoms with Crippen molar-refractivity contribution in [3.63, 3.8) is 0 Å². The van der Waals surface area contributed by atoms with E-state index in [4.69, 9.17) is 9.47 Å². The molecule has 0 fully saturated rings. The van der Waals surface area contributed by atoms with Gasteiger partial charge in [0.1, 0.15) is 5.69 Å². The molecule has 0 spiro atoms. The zero-order valence-corrected chi connectivity index (χ0v) is 19.3. The average Bonchev–Trinajstić information content (AvgIpc) is 3.17. The topological polar surface area (TPSA) is 87.5 Å². The molecule has 0 saturated carbocycles. The second-order valence-corrected chi connectivity index (χ2v) is 9.55. The molecule has 0 aliphatic carbocycles. The van der Waals surface area contributed by atoms with E-state index in [0.717, 1.165) is 11.8 Å². The summed E-state index contributed by atoms with van der Waals surface area (Å²) in [5.41, 5.74) is 2.68. The minimum atomic E-state index is -3.39. The quantitative estimate of drug-likeness (QED) is 0.349. The van der Waals surface area contributed by atoms with Crippen LogP contribution in [0, 0.1) is 5.82 Å². The maximum absolute atomic E-state index is 14.6. The Hall–Kier alpha value is -3.98. The number of rotatable bonds is 8. The van der Waals surface area contributed by atoms with E-state index in [1.165, 1.54) is 36.1 Å². The zero-order chi connectivity index (χ0) is 24.3. The standard InChI is InChI=1S/C25H21FN2O5S/c1-32-22-13-10-19(14-21(22)26)23-24(18-8-11-20(12-9-18)34(2,30)31)27-28(25(23)33-16-29)15-17-6-4-3-5-7-17/h3-14,16H,15H2,1-2H3. The molecule has 174 valence electrons. The highest BCUT2D eigenvalue weighted by molar-refractivity contribution is 7.90. The highest BCUT2D eigenvalue weighted by Crippen LogP contribution is 2.41. The minimum Gasteiger partial charge on any atom is -0.494 e. The van der Waals surface area contributed by atoms with Gasteiger partial charge in [0, 0.05) is 11.8 Å². The molecule has 1 heterocycles. The molecule has 0 radical (unpaired) electrons. The highest BCUT2D eigenvalue weighted by atomic mass is 32.2. The Morgan fingerprint density at radius 2 is 1.68 bits per heavy atom. The summed E-state index contributed by atoms with van der Waals surface area (Å²) in [4.78, 5) is 11.6. The van der Waals surface area contributed by atoms with Crippen LogP contribution in [-0.4, -0.2) is 38.0 Å². The Morgan fingerprint density at radius 1 is 1.00 bits per heavy atom. The van der Waals surface area contributed by atoms with Gasteiger partial charge in [0.25, 0.3) is 6.47 Å². The molecule has 9 heteroatoms. The number of nitrogens with zero attached hydrogens (tertiary/aromatic N) is 2. The third kappa shape index (κ3) is 4.69. The second-order valence-electron chi connectivity index (χ2n) is 7.53. The number of ether oxygens (including phenoxy) is 2. The number of carbonyl (C=O) groups excluding carboxylic acids is 1. The van der Waals surface area contributed by atoms with E-state index in [9.17, 15) is 17.6 Å². The van der Waals surface area contributed by atoms with Crippen molar-refractivity contribution in [2.24, 2.45) is 0 Å². The van der Waals surface area contributed by atoms with Gasteiger partial charge in [-0.25, -0.2) is 17.5 Å². The fourth-order valence-corrected chi connectivity index (χ4v) is 4.25. The van der Waals surface area contributed by atoms with Crippen molar-refractivity contribution in [3.8, 4) is 34.0 Å². The first-order valence-electron chi connectivity index (χ1n) is 10.2. The van der Waals surface area contributed by atoms with Gasteiger partial charge in [-0.1, -0.05) is 48.5 Å². The first kappa shape index (κ1) is 23.2. The van der Waals surface area contributed by atoms with Crippen molar-refractivity contribution in [1.29, 1.82) is 0 Å². The fourth-order valence-electron chi connectivity index (χ4n) is 3.62. The highest BCUT2D eigenvalue weighted by Gasteiger charge is 2.24. The number of halogens is 1. The van der Waals surface area contributed by atoms with Crippen LogP contribution < -0.4 is 9.47 Å². The van der Waals surface area contributed by atoms with Crippen LogP contribution in [0.2, 0.25) is 0 Å². The summed E-state index contributed by atoms with van der Waals surface area (Å²) < 4.78 is 50.2. The van der Waals surface area contributed by atoms with Crippen molar-refractivity contribution in [3.05, 3.63) is 84.2 Å². The van der Waals surface area contributed by atoms with Gasteiger partial charge in [0.05, 0.1) is 24.1 Å². The van der Waals surface area contributed by atoms with E-state index in [0.29, 0.717) is 28.9 Å². The Balaban J connectivity index is 1.94. The number of sulfone groups is 1. The van der Waals surface area contributed by atoms with E-state index in [1.54, 1.807) is 18.2 Å². The van der Waals surface area contributed by atoms with Crippen LogP contribution in [0.4, 0.5) is 4.39 Å². The number of aromatic nitrogens is 2. The van der Waals surface area contributed by atoms with Gasteiger partial charge in [-0.3, -0.25) is 4.79 Å². The van der Waals surface area contributed by atoms with Crippen molar-refractivity contribution in [2.45, 2.75) is 11.4 Å². The number of hydrogen-bond donors (Lipinski definition) is 0. The normalized spacial score (nSPS) is 11.3. The third-order valence-corrected chi connectivity index (χ3v) is 6.37. The predicted octanol–water partition coefficient (Wildman–Crippen LogP) is 4.35. The van der Waals surface area contributed by atoms with Crippen molar-refractivity contribution in [1.82, 2.24) is 9.78 Å². The maximum atomic E-state index is 14.6. The lowest BCUT2D eigenvalue weighted by Crippen LogP contribution is -2.05. The van der Waals surface area contributed by atoms with Crippen LogP contribution in [0.3, 0.4) is 0 Å². The van der Waals surface area contributed by atoms with E-state index in [1.807, 2.05) is 30.3 Å². The largest absolute Gasteiger partial charge is 0.494 e. The second kappa shape index (κ2) is 9.48. The van der Waals surface area contributed by atoms with Crippen molar-refractivity contribution < 1.29 is 27.1 Å². The molecule has 0 bridgehead atoms. The molecule has 4 aromatic rings. The van der Waals surface area contributed by atoms with Gasteiger partial charge >= 0.3 is 0 Å². The molecular weight excluding hydrogens is 459 g/mol. The molecule has 4 rings (SSSR count). The Bertz CT molecular complexity index is 1430. The fraction of sp³-hybridized carbons (Fsp3) is 0.120. The van der Waals surface area contributed by atoms with Crippen LogP contribution in [0.5, 0.6) is 11.6 Å². The Kier molecular flexibility index (Phi) is 6.47. The smallest absolute Gasteiger partial charge is 0.299 e. The summed E-state index contributed by atoms with van der Waals surface area (Å²) in [6.07, 6.45) is 1.12. The van der Waals surface area contributed by atoms with Crippen molar-refractivity contribution in [2.75, 3.05) is 13.4 Å². The SMILES string of the molecule is COc1ccc(-c2c(-c3ccc(S(C)(=O)=O)cc3)nn(Cc3ccccc3)c2OC=O)cc1F. The van der Waals surface area contributed by atoms with Gasteiger partial charge in [-0.2, -0.15) is 5.10 Å². The summed E-state index contributed by atoms with van der Waals surface area (Å²) in [5, 5.41) is 4.66. The first-order chi connectivity index (χ1) is 16.3. The lowest BCUT2D eigenvalue weighted by molar-refractivity contribution is -0.121. The lowest BCUT2D eigenvalue weighted by atomic mass is 10.0. The predicted molar refractivity (Wildman–Crippen MR) is 125 cm³/mol. The van der Waals surface area contributed by atoms with Crippen LogP contribution in [-0.2, 0) is 21.2 Å². The molecule has 3 aromatic carbocycles. The molecule has 0 N–H and O–H groups in total. The van der Waals surface area contributed by atoms with E-state index in [-0.39, 0.29) is 23.1 Å². The van der Waals surface area contributed by atoms with Gasteiger partial charge in [-0.05, 0) is 35.4 Å². The molecular formula is C25H21FN2O5S. The number of hydrogen-bond acceptors (Lipinski definition) is 6. The average molecular weight is 481 g/mol. The van der Waals surface area contributed by atoms with Gasteiger partial charge < -0.3 is 9.47 Å². The Labute approximate surface area is 196 Å². The summed E-state index contributed by atoms with van der Waals surface area (Å²) >= 11 is 0.